The van der Waals surface area contributed by atoms with Gasteiger partial charge in [-0.3, -0.25) is 0 Å². The van der Waals surface area contributed by atoms with Crippen LogP contribution in [-0.4, -0.2) is 37.7 Å². The van der Waals surface area contributed by atoms with Gasteiger partial charge < -0.3 is 21.3 Å². The van der Waals surface area contributed by atoms with Crippen molar-refractivity contribution in [3.8, 4) is 28.6 Å². The van der Waals surface area contributed by atoms with Gasteiger partial charge in [-0.05, 0) is 18.2 Å². The fourth-order valence-electron chi connectivity index (χ4n) is 2.09. The molecular weight excluding hydrogens is 415 g/mol. The summed E-state index contributed by atoms with van der Waals surface area (Å²) in [5.74, 6) is -2.58. The maximum atomic E-state index is 10.6. The first kappa shape index (κ1) is 23.4. The van der Waals surface area contributed by atoms with Crippen LogP contribution in [0.1, 0.15) is 5.56 Å². The molecule has 152 valence electrons. The number of halogens is 4. The van der Waals surface area contributed by atoms with Crippen molar-refractivity contribution in [2.45, 2.75) is 6.18 Å². The van der Waals surface area contributed by atoms with Gasteiger partial charge in [0, 0.05) is 16.1 Å². The van der Waals surface area contributed by atoms with Gasteiger partial charge in [0.25, 0.3) is 0 Å². The van der Waals surface area contributed by atoms with E-state index >= 15 is 0 Å². The van der Waals surface area contributed by atoms with Crippen LogP contribution in [0.3, 0.4) is 0 Å². The maximum Gasteiger partial charge on any atom is 0.490 e. The third-order valence-electron chi connectivity index (χ3n) is 3.31. The van der Waals surface area contributed by atoms with Crippen molar-refractivity contribution in [1.82, 2.24) is 15.0 Å². The molecule has 1 aromatic carbocycles. The molecule has 0 aliphatic carbocycles. The molecule has 0 aliphatic rings. The maximum absolute atomic E-state index is 10.6. The molecule has 6 N–H and O–H groups in total. The van der Waals surface area contributed by atoms with Gasteiger partial charge >= 0.3 is 12.1 Å². The van der Waals surface area contributed by atoms with Crippen molar-refractivity contribution in [3.63, 3.8) is 0 Å². The second kappa shape index (κ2) is 9.54. The molecule has 3 rings (SSSR count). The Morgan fingerprint density at radius 1 is 1.31 bits per heavy atom. The average molecular weight is 428 g/mol. The van der Waals surface area contributed by atoms with Crippen LogP contribution in [0.25, 0.3) is 22.5 Å². The monoisotopic (exact) mass is 427 g/mol. The van der Waals surface area contributed by atoms with Gasteiger partial charge in [-0.25, -0.2) is 14.8 Å². The number of nitrogens with two attached hydrogens (primary N) is 1. The zero-order chi connectivity index (χ0) is 20.9. The number of anilines is 1. The number of H-pyrrole nitrogens is 1. The first-order valence-electron chi connectivity index (χ1n) is 7.39. The second-order valence-electron chi connectivity index (χ2n) is 5.21. The molecule has 2 aromatic heterocycles. The number of nitriles is 1. The zero-order valence-electron chi connectivity index (χ0n) is 14.3. The first-order valence-corrected chi connectivity index (χ1v) is 7.76. The molecule has 0 saturated heterocycles. The number of nitrogens with zero attached hydrogens (tertiary/aromatic N) is 3. The molecule has 0 aliphatic heterocycles. The van der Waals surface area contributed by atoms with Gasteiger partial charge in [0.2, 0.25) is 0 Å². The minimum atomic E-state index is -5.08. The minimum absolute atomic E-state index is 0. The summed E-state index contributed by atoms with van der Waals surface area (Å²) in [7, 11) is 0. The van der Waals surface area contributed by atoms with Crippen molar-refractivity contribution in [1.29, 1.82) is 5.26 Å². The molecule has 0 unspecified atom stereocenters. The van der Waals surface area contributed by atoms with Crippen LogP contribution < -0.4 is 5.73 Å². The lowest BCUT2D eigenvalue weighted by Gasteiger charge is -2.08. The Kier molecular flexibility index (Phi) is 7.70. The highest BCUT2D eigenvalue weighted by Gasteiger charge is 2.38. The number of nitrogen functional groups attached to an aromatic ring is 1. The van der Waals surface area contributed by atoms with Crippen molar-refractivity contribution in [2.24, 2.45) is 0 Å². The zero-order valence-corrected chi connectivity index (χ0v) is 15.1. The lowest BCUT2D eigenvalue weighted by atomic mass is 10.0. The number of hydrogen-bond acceptors (Lipinski definition) is 5. The molecule has 29 heavy (non-hydrogen) atoms. The molecule has 12 heteroatoms. The molecule has 0 saturated carbocycles. The minimum Gasteiger partial charge on any atom is -0.475 e. The standard InChI is InChI=1S/C15H10ClN5.C2HF3O2.H2O/c16-10-3-1-2-9(4-10)13-5-11(14-7-19-8-20-14)12(6-17)15(18)21-13;3-2(4,5)1(6)7;/h1-5,7-8H,(H2,18,21)(H,19,20);(H,6,7);1H2. The van der Waals surface area contributed by atoms with Gasteiger partial charge in [-0.15, -0.1) is 0 Å². The summed E-state index contributed by atoms with van der Waals surface area (Å²) >= 11 is 6.00. The number of aromatic amines is 1. The highest BCUT2D eigenvalue weighted by molar-refractivity contribution is 6.30. The van der Waals surface area contributed by atoms with Crippen molar-refractivity contribution >= 4 is 23.4 Å². The molecule has 8 nitrogen and oxygen atoms in total. The van der Waals surface area contributed by atoms with E-state index < -0.39 is 12.1 Å². The predicted octanol–water partition coefficient (Wildman–Crippen LogP) is 3.05. The van der Waals surface area contributed by atoms with E-state index in [1.54, 1.807) is 30.7 Å². The molecule has 0 atom stereocenters. The van der Waals surface area contributed by atoms with Crippen LogP contribution in [0.4, 0.5) is 19.0 Å². The van der Waals surface area contributed by atoms with Gasteiger partial charge in [-0.2, -0.15) is 18.4 Å². The van der Waals surface area contributed by atoms with Crippen LogP contribution in [0.15, 0.2) is 42.9 Å². The first-order chi connectivity index (χ1) is 13.1. The van der Waals surface area contributed by atoms with Crippen molar-refractivity contribution in [3.05, 3.63) is 53.4 Å². The largest absolute Gasteiger partial charge is 0.490 e. The predicted molar refractivity (Wildman–Crippen MR) is 98.7 cm³/mol. The highest BCUT2D eigenvalue weighted by Crippen LogP contribution is 2.30. The van der Waals surface area contributed by atoms with Crippen molar-refractivity contribution in [2.75, 3.05) is 5.73 Å². The molecule has 0 amide bonds. The van der Waals surface area contributed by atoms with E-state index in [0.717, 1.165) is 5.56 Å². The fraction of sp³-hybridized carbons (Fsp3) is 0.0588. The summed E-state index contributed by atoms with van der Waals surface area (Å²) in [6, 6.07) is 11.2. The number of carbonyl (C=O) groups is 1. The van der Waals surface area contributed by atoms with E-state index in [1.807, 2.05) is 12.1 Å². The lowest BCUT2D eigenvalue weighted by molar-refractivity contribution is -0.192. The third kappa shape index (κ3) is 5.93. The van der Waals surface area contributed by atoms with Crippen LogP contribution >= 0.6 is 11.6 Å². The number of benzene rings is 1. The van der Waals surface area contributed by atoms with Gasteiger partial charge in [-0.1, -0.05) is 23.7 Å². The Labute approximate surface area is 166 Å². The number of carboxylic acids is 1. The van der Waals surface area contributed by atoms with Gasteiger partial charge in [0.05, 0.1) is 23.9 Å². The Morgan fingerprint density at radius 3 is 2.45 bits per heavy atom. The summed E-state index contributed by atoms with van der Waals surface area (Å²) in [5.41, 5.74) is 9.10. The number of hydrogen-bond donors (Lipinski definition) is 3. The van der Waals surface area contributed by atoms with Crippen LogP contribution in [-0.2, 0) is 4.79 Å². The molecule has 0 fully saturated rings. The second-order valence-corrected chi connectivity index (χ2v) is 5.64. The number of carboxylic acid groups (broad SMARTS) is 1. The van der Waals surface area contributed by atoms with Crippen LogP contribution in [0, 0.1) is 11.3 Å². The number of rotatable bonds is 2. The smallest absolute Gasteiger partial charge is 0.475 e. The van der Waals surface area contributed by atoms with Crippen molar-refractivity contribution < 1.29 is 28.5 Å². The highest BCUT2D eigenvalue weighted by atomic mass is 35.5. The number of alkyl halides is 3. The van der Waals surface area contributed by atoms with E-state index in [2.05, 4.69) is 21.0 Å². The van der Waals surface area contributed by atoms with E-state index in [9.17, 15) is 18.4 Å². The number of imidazole rings is 1. The van der Waals surface area contributed by atoms with E-state index in [-0.39, 0.29) is 11.3 Å². The summed E-state index contributed by atoms with van der Waals surface area (Å²) in [4.78, 5) is 20.1. The summed E-state index contributed by atoms with van der Waals surface area (Å²) in [6.07, 6.45) is -1.90. The number of aromatic nitrogens is 3. The Hall–Kier alpha value is -3.62. The number of aliphatic carboxylic acids is 1. The van der Waals surface area contributed by atoms with E-state index in [0.29, 0.717) is 27.5 Å². The van der Waals surface area contributed by atoms with E-state index in [1.165, 1.54) is 0 Å². The molecular formula is C17H13ClF3N5O3. The Balaban J connectivity index is 0.000000456. The topological polar surface area (TPSA) is 160 Å². The quantitative estimate of drug-likeness (QED) is 0.569. The summed E-state index contributed by atoms with van der Waals surface area (Å²) in [6.45, 7) is 0. The molecule has 0 bridgehead atoms. The lowest BCUT2D eigenvalue weighted by Crippen LogP contribution is -2.21. The Bertz CT molecular complexity index is 1030. The van der Waals surface area contributed by atoms with Crippen LogP contribution in [0.2, 0.25) is 5.02 Å². The van der Waals surface area contributed by atoms with Gasteiger partial charge in [0.15, 0.2) is 0 Å². The van der Waals surface area contributed by atoms with E-state index in [4.69, 9.17) is 27.2 Å². The fourth-order valence-corrected chi connectivity index (χ4v) is 2.28. The molecule has 3 aromatic rings. The number of nitrogens with one attached hydrogen (secondary N) is 1. The SMILES string of the molecule is N#Cc1c(-c2cnc[nH]2)cc(-c2cccc(Cl)c2)nc1N.O.O=C(O)C(F)(F)F. The normalized spacial score (nSPS) is 10.2. The molecule has 0 radical (unpaired) electrons. The molecule has 2 heterocycles. The van der Waals surface area contributed by atoms with Gasteiger partial charge in [0.1, 0.15) is 17.5 Å². The summed E-state index contributed by atoms with van der Waals surface area (Å²) < 4.78 is 31.7. The average Bonchev–Trinajstić information content (AvgIpc) is 3.15. The number of pyridine rings is 1. The van der Waals surface area contributed by atoms with Crippen LogP contribution in [0.5, 0.6) is 0 Å². The molecule has 0 spiro atoms. The third-order valence-corrected chi connectivity index (χ3v) is 3.55. The summed E-state index contributed by atoms with van der Waals surface area (Å²) in [5, 5.41) is 17.0. The Morgan fingerprint density at radius 2 is 1.97 bits per heavy atom.